The van der Waals surface area contributed by atoms with Crippen molar-refractivity contribution in [1.29, 1.82) is 0 Å². The predicted molar refractivity (Wildman–Crippen MR) is 124 cm³/mol. The quantitative estimate of drug-likeness (QED) is 0.276. The van der Waals surface area contributed by atoms with Gasteiger partial charge in [-0.25, -0.2) is 9.48 Å². The Balaban J connectivity index is 0.00000261. The molecule has 1 atom stereocenters. The average Bonchev–Trinajstić information content (AvgIpc) is 3.00. The number of guanidine groups is 1. The van der Waals surface area contributed by atoms with Gasteiger partial charge in [-0.2, -0.15) is 16.9 Å². The van der Waals surface area contributed by atoms with E-state index >= 15 is 0 Å². The van der Waals surface area contributed by atoms with Gasteiger partial charge in [0.05, 0.1) is 0 Å². The number of aryl methyl sites for hydroxylation is 2. The van der Waals surface area contributed by atoms with Gasteiger partial charge in [0, 0.05) is 56.7 Å². The van der Waals surface area contributed by atoms with Gasteiger partial charge >= 0.3 is 5.69 Å². The zero-order chi connectivity index (χ0) is 18.4. The van der Waals surface area contributed by atoms with Gasteiger partial charge in [0.25, 0.3) is 0 Å². The fourth-order valence-corrected chi connectivity index (χ4v) is 4.76. The van der Waals surface area contributed by atoms with E-state index in [2.05, 4.69) is 40.9 Å². The summed E-state index contributed by atoms with van der Waals surface area (Å²) in [6.07, 6.45) is 5.19. The SMILES string of the molecule is CCNC(=NCCCn1nc2n(c1=O)CCCC2)N1CCSC(CC)C1.I. The molecule has 7 nitrogen and oxygen atoms in total. The van der Waals surface area contributed by atoms with Crippen molar-refractivity contribution in [1.82, 2.24) is 24.6 Å². The lowest BCUT2D eigenvalue weighted by Gasteiger charge is -2.34. The average molecular weight is 508 g/mol. The van der Waals surface area contributed by atoms with Crippen molar-refractivity contribution in [2.45, 2.75) is 64.3 Å². The third-order valence-electron chi connectivity index (χ3n) is 5.05. The van der Waals surface area contributed by atoms with E-state index in [0.29, 0.717) is 11.8 Å². The summed E-state index contributed by atoms with van der Waals surface area (Å²) in [5, 5.41) is 8.63. The van der Waals surface area contributed by atoms with Crippen molar-refractivity contribution in [2.75, 3.05) is 31.9 Å². The summed E-state index contributed by atoms with van der Waals surface area (Å²) in [4.78, 5) is 19.6. The molecule has 1 aromatic rings. The molecule has 1 aromatic heterocycles. The molecule has 1 unspecified atom stereocenters. The van der Waals surface area contributed by atoms with E-state index in [-0.39, 0.29) is 29.7 Å². The minimum atomic E-state index is 0. The first-order chi connectivity index (χ1) is 12.7. The molecule has 9 heteroatoms. The number of hydrogen-bond donors (Lipinski definition) is 1. The van der Waals surface area contributed by atoms with E-state index in [9.17, 15) is 4.79 Å². The fourth-order valence-electron chi connectivity index (χ4n) is 3.58. The molecule has 0 bridgehead atoms. The third kappa shape index (κ3) is 5.88. The van der Waals surface area contributed by atoms with Crippen LogP contribution in [0.4, 0.5) is 0 Å². The first-order valence-electron chi connectivity index (χ1n) is 10.0. The number of aromatic nitrogens is 3. The van der Waals surface area contributed by atoms with Crippen LogP contribution in [0.1, 0.15) is 45.4 Å². The Hall–Kier alpha value is -0.710. The Morgan fingerprint density at radius 3 is 2.93 bits per heavy atom. The van der Waals surface area contributed by atoms with Crippen LogP contribution < -0.4 is 11.0 Å². The van der Waals surface area contributed by atoms with Gasteiger partial charge in [-0.15, -0.1) is 24.0 Å². The molecule has 0 aliphatic carbocycles. The molecular formula is C18H33IN6OS. The molecule has 3 heterocycles. The van der Waals surface area contributed by atoms with Crippen LogP contribution in [0.25, 0.3) is 0 Å². The Kier molecular flexibility index (Phi) is 9.47. The molecule has 0 radical (unpaired) electrons. The minimum Gasteiger partial charge on any atom is -0.357 e. The molecule has 1 N–H and O–H groups in total. The number of nitrogens with one attached hydrogen (secondary N) is 1. The highest BCUT2D eigenvalue weighted by atomic mass is 127. The monoisotopic (exact) mass is 508 g/mol. The second-order valence-electron chi connectivity index (χ2n) is 6.97. The maximum Gasteiger partial charge on any atom is 0.345 e. The summed E-state index contributed by atoms with van der Waals surface area (Å²) in [6, 6.07) is 0. The molecule has 2 aliphatic heterocycles. The highest BCUT2D eigenvalue weighted by molar-refractivity contribution is 14.0. The van der Waals surface area contributed by atoms with Crippen LogP contribution in [-0.2, 0) is 19.5 Å². The van der Waals surface area contributed by atoms with Crippen LogP contribution in [0, 0.1) is 0 Å². The summed E-state index contributed by atoms with van der Waals surface area (Å²) in [5.41, 5.74) is 0.0504. The third-order valence-corrected chi connectivity index (χ3v) is 6.42. The summed E-state index contributed by atoms with van der Waals surface area (Å²) >= 11 is 2.07. The molecule has 1 fully saturated rings. The minimum absolute atomic E-state index is 0. The summed E-state index contributed by atoms with van der Waals surface area (Å²) in [5.74, 6) is 3.13. The van der Waals surface area contributed by atoms with E-state index in [0.717, 1.165) is 70.2 Å². The van der Waals surface area contributed by atoms with Gasteiger partial charge < -0.3 is 10.2 Å². The van der Waals surface area contributed by atoms with Crippen LogP contribution in [-0.4, -0.2) is 62.4 Å². The van der Waals surface area contributed by atoms with Crippen LogP contribution in [0.5, 0.6) is 0 Å². The van der Waals surface area contributed by atoms with Gasteiger partial charge in [0.15, 0.2) is 5.96 Å². The van der Waals surface area contributed by atoms with Crippen molar-refractivity contribution in [2.24, 2.45) is 4.99 Å². The summed E-state index contributed by atoms with van der Waals surface area (Å²) in [7, 11) is 0. The summed E-state index contributed by atoms with van der Waals surface area (Å²) in [6.45, 7) is 9.57. The zero-order valence-electron chi connectivity index (χ0n) is 16.5. The number of rotatable bonds is 6. The van der Waals surface area contributed by atoms with Crippen molar-refractivity contribution >= 4 is 41.7 Å². The molecule has 0 spiro atoms. The Bertz CT molecular complexity index is 673. The summed E-state index contributed by atoms with van der Waals surface area (Å²) < 4.78 is 3.47. The smallest absolute Gasteiger partial charge is 0.345 e. The molecule has 3 rings (SSSR count). The zero-order valence-corrected chi connectivity index (χ0v) is 19.7. The van der Waals surface area contributed by atoms with Gasteiger partial charge in [-0.1, -0.05) is 6.92 Å². The van der Waals surface area contributed by atoms with Gasteiger partial charge in [0.1, 0.15) is 5.82 Å². The van der Waals surface area contributed by atoms with Gasteiger partial charge in [-0.3, -0.25) is 9.56 Å². The van der Waals surface area contributed by atoms with Crippen molar-refractivity contribution in [3.8, 4) is 0 Å². The second kappa shape index (κ2) is 11.3. The molecule has 2 aliphatic rings. The van der Waals surface area contributed by atoms with E-state index < -0.39 is 0 Å². The lowest BCUT2D eigenvalue weighted by atomic mass is 10.2. The molecule has 0 aromatic carbocycles. The van der Waals surface area contributed by atoms with Gasteiger partial charge in [0.2, 0.25) is 0 Å². The molecule has 154 valence electrons. The van der Waals surface area contributed by atoms with Crippen molar-refractivity contribution in [3.63, 3.8) is 0 Å². The first-order valence-corrected chi connectivity index (χ1v) is 11.1. The Morgan fingerprint density at radius 1 is 1.33 bits per heavy atom. The Morgan fingerprint density at radius 2 is 2.19 bits per heavy atom. The van der Waals surface area contributed by atoms with Crippen LogP contribution >= 0.6 is 35.7 Å². The largest absolute Gasteiger partial charge is 0.357 e. The lowest BCUT2D eigenvalue weighted by Crippen LogP contribution is -2.48. The predicted octanol–water partition coefficient (Wildman–Crippen LogP) is 2.18. The molecule has 0 saturated carbocycles. The molecule has 27 heavy (non-hydrogen) atoms. The first kappa shape index (κ1) is 22.6. The molecular weight excluding hydrogens is 475 g/mol. The van der Waals surface area contributed by atoms with E-state index in [1.165, 1.54) is 12.2 Å². The number of hydrogen-bond acceptors (Lipinski definition) is 4. The van der Waals surface area contributed by atoms with E-state index in [4.69, 9.17) is 4.99 Å². The fraction of sp³-hybridized carbons (Fsp3) is 0.833. The number of halogens is 1. The topological polar surface area (TPSA) is 67.5 Å². The van der Waals surface area contributed by atoms with Crippen LogP contribution in [0.3, 0.4) is 0 Å². The second-order valence-corrected chi connectivity index (χ2v) is 8.38. The maximum absolute atomic E-state index is 12.4. The van der Waals surface area contributed by atoms with Gasteiger partial charge in [-0.05, 0) is 32.6 Å². The Labute approximate surface area is 183 Å². The number of aliphatic imine (C=N–C) groups is 1. The van der Waals surface area contributed by atoms with Crippen LogP contribution in [0.15, 0.2) is 9.79 Å². The number of thioether (sulfide) groups is 1. The van der Waals surface area contributed by atoms with Crippen molar-refractivity contribution < 1.29 is 0 Å². The molecule has 0 amide bonds. The van der Waals surface area contributed by atoms with Crippen molar-refractivity contribution in [3.05, 3.63) is 16.3 Å². The highest BCUT2D eigenvalue weighted by Gasteiger charge is 2.21. The maximum atomic E-state index is 12.4. The molecule has 1 saturated heterocycles. The van der Waals surface area contributed by atoms with Crippen LogP contribution in [0.2, 0.25) is 0 Å². The normalized spacial score (nSPS) is 20.1. The van der Waals surface area contributed by atoms with E-state index in [1.54, 1.807) is 4.68 Å². The number of nitrogens with zero attached hydrogens (tertiary/aromatic N) is 5. The lowest BCUT2D eigenvalue weighted by molar-refractivity contribution is 0.407. The van der Waals surface area contributed by atoms with E-state index in [1.807, 2.05) is 4.57 Å². The number of fused-ring (bicyclic) bond motifs is 1. The standard InChI is InChI=1S/C18H32N6OS.HI/c1-3-15-14-22(12-13-26-15)17(19-4-2)20-9-7-11-24-18(25)23-10-6-5-8-16(23)21-24;/h15H,3-14H2,1-2H3,(H,19,20);1H. The highest BCUT2D eigenvalue weighted by Crippen LogP contribution is 2.21.